The van der Waals surface area contributed by atoms with Crippen LogP contribution in [-0.2, 0) is 42.7 Å². The molecule has 40 heavy (non-hydrogen) atoms. The average Bonchev–Trinajstić information content (AvgIpc) is 2.96. The van der Waals surface area contributed by atoms with Gasteiger partial charge >= 0.3 is 11.9 Å². The lowest BCUT2D eigenvalue weighted by Crippen LogP contribution is -2.14. The fourth-order valence-corrected chi connectivity index (χ4v) is 5.51. The van der Waals surface area contributed by atoms with Gasteiger partial charge in [0.1, 0.15) is 6.61 Å². The van der Waals surface area contributed by atoms with E-state index in [0.29, 0.717) is 77.9 Å². The lowest BCUT2D eigenvalue weighted by Gasteiger charge is -2.16. The fourth-order valence-electron chi connectivity index (χ4n) is 3.00. The lowest BCUT2D eigenvalue weighted by atomic mass is 10.1. The second kappa shape index (κ2) is 27.7. The van der Waals surface area contributed by atoms with E-state index in [-0.39, 0.29) is 32.7 Å². The number of carboxylic acid groups (broad SMARTS) is 1. The highest BCUT2D eigenvalue weighted by atomic mass is 33.1. The second-order valence-electron chi connectivity index (χ2n) is 8.12. The van der Waals surface area contributed by atoms with Crippen LogP contribution < -0.4 is 0 Å². The van der Waals surface area contributed by atoms with Crippen LogP contribution in [0.3, 0.4) is 0 Å². The summed E-state index contributed by atoms with van der Waals surface area (Å²) >= 11 is 0. The molecular weight excluding hydrogens is 564 g/mol. The van der Waals surface area contributed by atoms with Gasteiger partial charge in [-0.3, -0.25) is 9.59 Å². The topological polar surface area (TPSA) is 139 Å². The molecule has 0 saturated carbocycles. The van der Waals surface area contributed by atoms with E-state index in [1.54, 1.807) is 10.8 Å². The van der Waals surface area contributed by atoms with Crippen molar-refractivity contribution in [2.75, 3.05) is 98.2 Å². The zero-order valence-electron chi connectivity index (χ0n) is 23.1. The highest BCUT2D eigenvalue weighted by Crippen LogP contribution is 2.40. The molecule has 1 atom stereocenters. The second-order valence-corrected chi connectivity index (χ2v) is 10.8. The van der Waals surface area contributed by atoms with Gasteiger partial charge in [-0.15, -0.1) is 0 Å². The summed E-state index contributed by atoms with van der Waals surface area (Å²) in [6, 6.07) is 10.4. The number of carbonyl (C=O) groups is 2. The summed E-state index contributed by atoms with van der Waals surface area (Å²) in [6.45, 7) is 5.71. The van der Waals surface area contributed by atoms with Gasteiger partial charge in [-0.25, -0.2) is 0 Å². The van der Waals surface area contributed by atoms with E-state index >= 15 is 0 Å². The van der Waals surface area contributed by atoms with Crippen LogP contribution in [0.25, 0.3) is 0 Å². The number of carboxylic acids is 1. The summed E-state index contributed by atoms with van der Waals surface area (Å²) < 4.78 is 37.6. The van der Waals surface area contributed by atoms with Crippen LogP contribution in [-0.4, -0.2) is 120 Å². The molecule has 0 heterocycles. The first-order valence-corrected chi connectivity index (χ1v) is 15.8. The van der Waals surface area contributed by atoms with Crippen molar-refractivity contribution in [1.29, 1.82) is 0 Å². The largest absolute Gasteiger partial charge is 0.481 e. The van der Waals surface area contributed by atoms with Crippen molar-refractivity contribution < 1.29 is 53.0 Å². The number of hydrogen-bond acceptors (Lipinski definition) is 12. The molecule has 1 aromatic rings. The van der Waals surface area contributed by atoms with Gasteiger partial charge in [0.05, 0.1) is 92.1 Å². The van der Waals surface area contributed by atoms with E-state index in [1.165, 1.54) is 5.56 Å². The summed E-state index contributed by atoms with van der Waals surface area (Å²) in [7, 11) is 3.60. The molecule has 0 spiro atoms. The van der Waals surface area contributed by atoms with Crippen molar-refractivity contribution in [3.8, 4) is 0 Å². The normalized spacial score (nSPS) is 11.9. The smallest absolute Gasteiger partial charge is 0.306 e. The van der Waals surface area contributed by atoms with Gasteiger partial charge in [-0.05, 0) is 12.0 Å². The maximum absolute atomic E-state index is 11.3. The minimum absolute atomic E-state index is 0.0210. The van der Waals surface area contributed by atoms with Crippen LogP contribution in [0, 0.1) is 0 Å². The standard InChI is InChI=1S/C27H44O11S2/c28-9-11-33-13-15-34-14-12-32-10-8-25(24-4-2-1-3-5-24)40-39-23-22-37-19-18-35-16-17-36-20-21-38-27(31)7-6-26(29)30/h1-5,25,28H,6-23H2,(H,29,30). The molecule has 2 N–H and O–H groups in total. The summed E-state index contributed by atoms with van der Waals surface area (Å²) in [4.78, 5) is 21.6. The highest BCUT2D eigenvalue weighted by Gasteiger charge is 2.12. The molecule has 1 aromatic carbocycles. The van der Waals surface area contributed by atoms with Crippen LogP contribution in [0.1, 0.15) is 30.1 Å². The molecule has 0 aliphatic heterocycles. The Kier molecular flexibility index (Phi) is 25.4. The SMILES string of the molecule is O=C(O)CCC(=O)OCCOCCOCCOCCSSC(CCOCCOCCOCCO)c1ccccc1. The van der Waals surface area contributed by atoms with Crippen LogP contribution in [0.15, 0.2) is 30.3 Å². The number of aliphatic hydroxyl groups excluding tert-OH is 1. The Labute approximate surface area is 244 Å². The molecule has 1 unspecified atom stereocenters. The van der Waals surface area contributed by atoms with Crippen molar-refractivity contribution in [1.82, 2.24) is 0 Å². The van der Waals surface area contributed by atoms with Crippen LogP contribution in [0.4, 0.5) is 0 Å². The first-order valence-electron chi connectivity index (χ1n) is 13.4. The van der Waals surface area contributed by atoms with E-state index in [0.717, 1.165) is 12.2 Å². The Morgan fingerprint density at radius 1 is 0.675 bits per heavy atom. The van der Waals surface area contributed by atoms with E-state index in [4.69, 9.17) is 43.4 Å². The molecule has 230 valence electrons. The Hall–Kier alpha value is -1.42. The minimum Gasteiger partial charge on any atom is -0.481 e. The monoisotopic (exact) mass is 608 g/mol. The van der Waals surface area contributed by atoms with Gasteiger partial charge in [0, 0.05) is 17.6 Å². The zero-order chi connectivity index (χ0) is 28.9. The first kappa shape index (κ1) is 36.6. The number of aliphatic hydroxyl groups is 1. The number of benzene rings is 1. The number of aliphatic carboxylic acids is 1. The number of hydrogen-bond donors (Lipinski definition) is 2. The third-order valence-electron chi connectivity index (χ3n) is 4.95. The van der Waals surface area contributed by atoms with Gasteiger partial charge in [-0.1, -0.05) is 51.9 Å². The Bertz CT molecular complexity index is 728. The molecule has 11 nitrogen and oxygen atoms in total. The Morgan fingerprint density at radius 2 is 1.20 bits per heavy atom. The Morgan fingerprint density at radius 3 is 1.77 bits per heavy atom. The number of esters is 1. The van der Waals surface area contributed by atoms with Crippen LogP contribution in [0.5, 0.6) is 0 Å². The predicted molar refractivity (Wildman–Crippen MR) is 154 cm³/mol. The number of carbonyl (C=O) groups excluding carboxylic acids is 1. The van der Waals surface area contributed by atoms with E-state index < -0.39 is 11.9 Å². The molecule has 1 rings (SSSR count). The van der Waals surface area contributed by atoms with Gasteiger partial charge in [0.2, 0.25) is 0 Å². The summed E-state index contributed by atoms with van der Waals surface area (Å²) in [5.74, 6) is -0.718. The van der Waals surface area contributed by atoms with Crippen molar-refractivity contribution in [3.63, 3.8) is 0 Å². The van der Waals surface area contributed by atoms with E-state index in [2.05, 4.69) is 24.3 Å². The molecule has 0 fully saturated rings. The van der Waals surface area contributed by atoms with Gasteiger partial charge < -0.3 is 43.4 Å². The maximum Gasteiger partial charge on any atom is 0.306 e. The predicted octanol–water partition coefficient (Wildman–Crippen LogP) is 3.00. The number of ether oxygens (including phenoxy) is 7. The molecule has 0 radical (unpaired) electrons. The van der Waals surface area contributed by atoms with Crippen molar-refractivity contribution >= 4 is 33.5 Å². The van der Waals surface area contributed by atoms with Gasteiger partial charge in [-0.2, -0.15) is 0 Å². The molecular formula is C27H44O11S2. The lowest BCUT2D eigenvalue weighted by molar-refractivity contribution is -0.149. The van der Waals surface area contributed by atoms with Crippen LogP contribution >= 0.6 is 21.6 Å². The van der Waals surface area contributed by atoms with E-state index in [9.17, 15) is 9.59 Å². The average molecular weight is 609 g/mol. The van der Waals surface area contributed by atoms with Crippen molar-refractivity contribution in [2.45, 2.75) is 24.5 Å². The third kappa shape index (κ3) is 23.3. The molecule has 0 aliphatic carbocycles. The summed E-state index contributed by atoms with van der Waals surface area (Å²) in [5.41, 5.74) is 1.27. The van der Waals surface area contributed by atoms with Crippen molar-refractivity contribution in [3.05, 3.63) is 35.9 Å². The molecule has 0 aliphatic rings. The Balaban J connectivity index is 1.99. The van der Waals surface area contributed by atoms with Gasteiger partial charge in [0.25, 0.3) is 0 Å². The fraction of sp³-hybridized carbons (Fsp3) is 0.704. The minimum atomic E-state index is -1.03. The zero-order valence-corrected chi connectivity index (χ0v) is 24.7. The quantitative estimate of drug-likeness (QED) is 0.0783. The third-order valence-corrected chi connectivity index (χ3v) is 7.76. The molecule has 0 bridgehead atoms. The van der Waals surface area contributed by atoms with Crippen LogP contribution in [0.2, 0.25) is 0 Å². The van der Waals surface area contributed by atoms with Crippen molar-refractivity contribution in [2.24, 2.45) is 0 Å². The molecule has 0 saturated heterocycles. The maximum atomic E-state index is 11.3. The molecule has 0 aromatic heterocycles. The number of rotatable bonds is 29. The van der Waals surface area contributed by atoms with E-state index in [1.807, 2.05) is 16.9 Å². The summed E-state index contributed by atoms with van der Waals surface area (Å²) in [5, 5.41) is 17.5. The molecule has 13 heteroatoms. The summed E-state index contributed by atoms with van der Waals surface area (Å²) in [6.07, 6.45) is 0.519. The van der Waals surface area contributed by atoms with Gasteiger partial charge in [0.15, 0.2) is 0 Å². The highest BCUT2D eigenvalue weighted by molar-refractivity contribution is 8.76. The first-order chi connectivity index (χ1) is 19.6. The molecule has 0 amide bonds.